The number of ether oxygens (including phenoxy) is 1. The van der Waals surface area contributed by atoms with Gasteiger partial charge >= 0.3 is 0 Å². The lowest BCUT2D eigenvalue weighted by atomic mass is 9.89. The Labute approximate surface area is 128 Å². The molecule has 0 saturated carbocycles. The van der Waals surface area contributed by atoms with E-state index in [2.05, 4.69) is 0 Å². The molecule has 2 aromatic rings. The maximum Gasteiger partial charge on any atom is 0.118 e. The van der Waals surface area contributed by atoms with Crippen LogP contribution in [0.25, 0.3) is 0 Å². The predicted molar refractivity (Wildman–Crippen MR) is 82.7 cm³/mol. The normalized spacial score (nSPS) is 13.8. The standard InChI is InChI=1S/C16H16Cl2O2/c1-16(19,12-6-8-13(20-2)9-7-12)10-11-4-3-5-14(17)15(11)18/h3-9,19H,10H2,1-2H3. The molecule has 0 aromatic heterocycles. The lowest BCUT2D eigenvalue weighted by Crippen LogP contribution is -2.24. The van der Waals surface area contributed by atoms with Gasteiger partial charge in [0, 0.05) is 6.42 Å². The van der Waals surface area contributed by atoms with E-state index in [9.17, 15) is 5.11 Å². The smallest absolute Gasteiger partial charge is 0.118 e. The first-order chi connectivity index (χ1) is 9.44. The van der Waals surface area contributed by atoms with E-state index in [-0.39, 0.29) is 0 Å². The highest BCUT2D eigenvalue weighted by atomic mass is 35.5. The molecule has 1 N–H and O–H groups in total. The number of aliphatic hydroxyl groups is 1. The van der Waals surface area contributed by atoms with E-state index in [1.807, 2.05) is 36.4 Å². The highest BCUT2D eigenvalue weighted by molar-refractivity contribution is 6.42. The molecular weight excluding hydrogens is 295 g/mol. The fraction of sp³-hybridized carbons (Fsp3) is 0.250. The van der Waals surface area contributed by atoms with Gasteiger partial charge < -0.3 is 9.84 Å². The van der Waals surface area contributed by atoms with Crippen molar-refractivity contribution in [3.8, 4) is 5.75 Å². The zero-order valence-corrected chi connectivity index (χ0v) is 12.9. The van der Waals surface area contributed by atoms with Gasteiger partial charge in [0.25, 0.3) is 0 Å². The van der Waals surface area contributed by atoms with Gasteiger partial charge in [-0.2, -0.15) is 0 Å². The Hall–Kier alpha value is -1.22. The van der Waals surface area contributed by atoms with E-state index in [1.54, 1.807) is 20.1 Å². The SMILES string of the molecule is COc1ccc(C(C)(O)Cc2cccc(Cl)c2Cl)cc1. The van der Waals surface area contributed by atoms with Gasteiger partial charge in [0.15, 0.2) is 0 Å². The van der Waals surface area contributed by atoms with Crippen molar-refractivity contribution < 1.29 is 9.84 Å². The summed E-state index contributed by atoms with van der Waals surface area (Å²) in [5.74, 6) is 0.755. The molecule has 0 aliphatic carbocycles. The summed E-state index contributed by atoms with van der Waals surface area (Å²) < 4.78 is 5.11. The number of halogens is 2. The Morgan fingerprint density at radius 3 is 2.35 bits per heavy atom. The van der Waals surface area contributed by atoms with E-state index >= 15 is 0 Å². The molecule has 0 radical (unpaired) electrons. The summed E-state index contributed by atoms with van der Waals surface area (Å²) in [4.78, 5) is 0. The van der Waals surface area contributed by atoms with E-state index in [0.717, 1.165) is 16.9 Å². The van der Waals surface area contributed by atoms with Crippen LogP contribution < -0.4 is 4.74 Å². The van der Waals surface area contributed by atoms with Crippen LogP contribution in [0.1, 0.15) is 18.1 Å². The molecule has 0 spiro atoms. The van der Waals surface area contributed by atoms with Crippen LogP contribution in [0.3, 0.4) is 0 Å². The van der Waals surface area contributed by atoms with Crippen LogP contribution in [-0.4, -0.2) is 12.2 Å². The third-order valence-corrected chi connectivity index (χ3v) is 4.14. The Morgan fingerprint density at radius 2 is 1.75 bits per heavy atom. The molecule has 20 heavy (non-hydrogen) atoms. The molecule has 1 atom stereocenters. The summed E-state index contributed by atoms with van der Waals surface area (Å²) in [5, 5.41) is 11.7. The van der Waals surface area contributed by atoms with Gasteiger partial charge in [-0.25, -0.2) is 0 Å². The maximum absolute atomic E-state index is 10.7. The van der Waals surface area contributed by atoms with Crippen LogP contribution in [0.5, 0.6) is 5.75 Å². The molecule has 0 bridgehead atoms. The van der Waals surface area contributed by atoms with Crippen molar-refractivity contribution in [2.24, 2.45) is 0 Å². The van der Waals surface area contributed by atoms with Crippen LogP contribution in [0.2, 0.25) is 10.0 Å². The van der Waals surface area contributed by atoms with E-state index < -0.39 is 5.60 Å². The van der Waals surface area contributed by atoms with Crippen LogP contribution in [0.4, 0.5) is 0 Å². The van der Waals surface area contributed by atoms with Crippen molar-refractivity contribution in [3.63, 3.8) is 0 Å². The number of methoxy groups -OCH3 is 1. The quantitative estimate of drug-likeness (QED) is 0.904. The minimum absolute atomic E-state index is 0.388. The molecule has 2 rings (SSSR count). The Balaban J connectivity index is 2.27. The van der Waals surface area contributed by atoms with Gasteiger partial charge in [-0.15, -0.1) is 0 Å². The summed E-state index contributed by atoms with van der Waals surface area (Å²) in [6, 6.07) is 12.8. The number of hydrogen-bond acceptors (Lipinski definition) is 2. The molecule has 0 amide bonds. The third kappa shape index (κ3) is 3.26. The largest absolute Gasteiger partial charge is 0.497 e. The molecule has 2 aromatic carbocycles. The first-order valence-corrected chi connectivity index (χ1v) is 6.99. The van der Waals surface area contributed by atoms with Crippen molar-refractivity contribution in [2.45, 2.75) is 18.9 Å². The Bertz CT molecular complexity index is 592. The Morgan fingerprint density at radius 1 is 1.10 bits per heavy atom. The third-order valence-electron chi connectivity index (χ3n) is 3.28. The van der Waals surface area contributed by atoms with Crippen LogP contribution >= 0.6 is 23.2 Å². The summed E-state index contributed by atoms with van der Waals surface area (Å²) in [6.07, 6.45) is 0.388. The molecule has 0 aliphatic rings. The van der Waals surface area contributed by atoms with Crippen LogP contribution in [0, 0.1) is 0 Å². The van der Waals surface area contributed by atoms with Gasteiger partial charge in [-0.05, 0) is 36.2 Å². The first kappa shape index (κ1) is 15.2. The van der Waals surface area contributed by atoms with Crippen molar-refractivity contribution in [1.29, 1.82) is 0 Å². The molecule has 0 heterocycles. The molecule has 2 nitrogen and oxygen atoms in total. The Kier molecular flexibility index (Phi) is 4.59. The second kappa shape index (κ2) is 6.04. The van der Waals surface area contributed by atoms with Crippen LogP contribution in [0.15, 0.2) is 42.5 Å². The maximum atomic E-state index is 10.7. The fourth-order valence-electron chi connectivity index (χ4n) is 2.11. The zero-order chi connectivity index (χ0) is 14.8. The fourth-order valence-corrected chi connectivity index (χ4v) is 2.49. The van der Waals surface area contributed by atoms with Gasteiger partial charge in [0.1, 0.15) is 5.75 Å². The average Bonchev–Trinajstić information content (AvgIpc) is 2.44. The molecule has 0 aliphatic heterocycles. The molecule has 0 saturated heterocycles. The monoisotopic (exact) mass is 310 g/mol. The molecule has 0 fully saturated rings. The van der Waals surface area contributed by atoms with Gasteiger partial charge in [-0.3, -0.25) is 0 Å². The van der Waals surface area contributed by atoms with Gasteiger partial charge in [0.05, 0.1) is 22.8 Å². The predicted octanol–water partition coefficient (Wildman–Crippen LogP) is 4.45. The average molecular weight is 311 g/mol. The van der Waals surface area contributed by atoms with Crippen molar-refractivity contribution in [2.75, 3.05) is 7.11 Å². The summed E-state index contributed by atoms with van der Waals surface area (Å²) in [7, 11) is 1.61. The minimum atomic E-state index is -1.03. The van der Waals surface area contributed by atoms with Crippen molar-refractivity contribution >= 4 is 23.2 Å². The second-order valence-corrected chi connectivity index (χ2v) is 5.68. The lowest BCUT2D eigenvalue weighted by molar-refractivity contribution is 0.0576. The van der Waals surface area contributed by atoms with Crippen molar-refractivity contribution in [1.82, 2.24) is 0 Å². The molecule has 1 unspecified atom stereocenters. The highest BCUT2D eigenvalue weighted by Crippen LogP contribution is 2.32. The number of hydrogen-bond donors (Lipinski definition) is 1. The van der Waals surface area contributed by atoms with Gasteiger partial charge in [-0.1, -0.05) is 47.5 Å². The minimum Gasteiger partial charge on any atom is -0.497 e. The zero-order valence-electron chi connectivity index (χ0n) is 11.4. The number of rotatable bonds is 4. The topological polar surface area (TPSA) is 29.5 Å². The summed E-state index contributed by atoms with van der Waals surface area (Å²) in [6.45, 7) is 1.76. The van der Waals surface area contributed by atoms with E-state index in [4.69, 9.17) is 27.9 Å². The number of benzene rings is 2. The first-order valence-electron chi connectivity index (χ1n) is 6.24. The highest BCUT2D eigenvalue weighted by Gasteiger charge is 2.25. The second-order valence-electron chi connectivity index (χ2n) is 4.89. The summed E-state index contributed by atoms with van der Waals surface area (Å²) in [5.41, 5.74) is 0.593. The van der Waals surface area contributed by atoms with Gasteiger partial charge in [0.2, 0.25) is 0 Å². The van der Waals surface area contributed by atoms with Crippen LogP contribution in [-0.2, 0) is 12.0 Å². The molecular formula is C16H16Cl2O2. The molecule has 106 valence electrons. The van der Waals surface area contributed by atoms with E-state index in [1.165, 1.54) is 0 Å². The lowest BCUT2D eigenvalue weighted by Gasteiger charge is -2.25. The van der Waals surface area contributed by atoms with Crippen molar-refractivity contribution in [3.05, 3.63) is 63.6 Å². The summed E-state index contributed by atoms with van der Waals surface area (Å²) >= 11 is 12.2. The van der Waals surface area contributed by atoms with E-state index in [0.29, 0.717) is 16.5 Å². The molecule has 4 heteroatoms.